The predicted octanol–water partition coefficient (Wildman–Crippen LogP) is 5.88. The molecule has 214 valence electrons. The minimum atomic E-state index is -4.69. The van der Waals surface area contributed by atoms with Gasteiger partial charge in [-0.05, 0) is 56.2 Å². The molecule has 1 saturated carbocycles. The van der Waals surface area contributed by atoms with Crippen LogP contribution < -0.4 is 16.0 Å². The molecule has 3 heterocycles. The fourth-order valence-corrected chi connectivity index (χ4v) is 4.22. The molecule has 1 aliphatic rings. The van der Waals surface area contributed by atoms with Gasteiger partial charge in [-0.2, -0.15) is 13.2 Å². The molecule has 10 nitrogen and oxygen atoms in total. The molecule has 3 aromatic heterocycles. The summed E-state index contributed by atoms with van der Waals surface area (Å²) in [4.78, 5) is 29.9. The minimum Gasteiger partial charge on any atom is -0.367 e. The van der Waals surface area contributed by atoms with Crippen LogP contribution in [0.1, 0.15) is 34.5 Å². The number of hydrogen-bond acceptors (Lipinski definition) is 7. The molecule has 1 amide bonds. The first-order valence-corrected chi connectivity index (χ1v) is 12.9. The van der Waals surface area contributed by atoms with Gasteiger partial charge in [0.1, 0.15) is 23.8 Å². The summed E-state index contributed by atoms with van der Waals surface area (Å²) in [6, 6.07) is 8.89. The predicted molar refractivity (Wildman–Crippen MR) is 147 cm³/mol. The van der Waals surface area contributed by atoms with Crippen LogP contribution in [0.2, 0.25) is 0 Å². The first-order chi connectivity index (χ1) is 20.1. The molecule has 0 bridgehead atoms. The van der Waals surface area contributed by atoms with Crippen molar-refractivity contribution in [3.8, 4) is 11.5 Å². The number of nitrogens with zero attached hydrogens (tertiary/aromatic N) is 6. The van der Waals surface area contributed by atoms with E-state index in [1.165, 1.54) is 41.6 Å². The van der Waals surface area contributed by atoms with Crippen LogP contribution in [0.3, 0.4) is 0 Å². The molecule has 2 aromatic carbocycles. The van der Waals surface area contributed by atoms with Gasteiger partial charge < -0.3 is 20.5 Å². The molecule has 1 fully saturated rings. The molecule has 0 aliphatic heterocycles. The first-order valence-electron chi connectivity index (χ1n) is 12.9. The van der Waals surface area contributed by atoms with E-state index in [9.17, 15) is 22.4 Å². The summed E-state index contributed by atoms with van der Waals surface area (Å²) in [6.45, 7) is 1.70. The summed E-state index contributed by atoms with van der Waals surface area (Å²) >= 11 is 0. The highest BCUT2D eigenvalue weighted by Gasteiger charge is 2.32. The van der Waals surface area contributed by atoms with Crippen molar-refractivity contribution in [3.63, 3.8) is 0 Å². The lowest BCUT2D eigenvalue weighted by Crippen LogP contribution is -2.15. The van der Waals surface area contributed by atoms with Gasteiger partial charge in [-0.1, -0.05) is 0 Å². The van der Waals surface area contributed by atoms with E-state index < -0.39 is 23.5 Å². The van der Waals surface area contributed by atoms with Gasteiger partial charge in [0.2, 0.25) is 5.95 Å². The summed E-state index contributed by atoms with van der Waals surface area (Å²) in [5.74, 6) is -0.0647. The van der Waals surface area contributed by atoms with Gasteiger partial charge in [-0.15, -0.1) is 0 Å². The maximum absolute atomic E-state index is 14.8. The summed E-state index contributed by atoms with van der Waals surface area (Å²) in [5, 5.41) is 8.73. The Hall–Kier alpha value is -5.27. The molecular formula is C28H23F4N9O. The van der Waals surface area contributed by atoms with Gasteiger partial charge in [0.25, 0.3) is 5.91 Å². The molecule has 0 unspecified atom stereocenters. The van der Waals surface area contributed by atoms with Crippen molar-refractivity contribution in [2.24, 2.45) is 0 Å². The maximum Gasteiger partial charge on any atom is 0.416 e. The van der Waals surface area contributed by atoms with Gasteiger partial charge in [0.05, 0.1) is 23.3 Å². The number of carbonyl (C=O) groups is 1. The summed E-state index contributed by atoms with van der Waals surface area (Å²) in [6.07, 6.45) is 4.93. The number of alkyl halides is 3. The minimum absolute atomic E-state index is 0.0238. The Balaban J connectivity index is 1.24. The molecule has 0 radical (unpaired) electrons. The zero-order valence-corrected chi connectivity index (χ0v) is 22.0. The van der Waals surface area contributed by atoms with Crippen LogP contribution in [0.15, 0.2) is 73.7 Å². The van der Waals surface area contributed by atoms with Crippen molar-refractivity contribution in [1.82, 2.24) is 29.1 Å². The highest BCUT2D eigenvalue weighted by molar-refractivity contribution is 6.05. The molecule has 6 rings (SSSR count). The maximum atomic E-state index is 14.8. The summed E-state index contributed by atoms with van der Waals surface area (Å²) < 4.78 is 58.8. The van der Waals surface area contributed by atoms with E-state index in [1.54, 1.807) is 30.0 Å². The van der Waals surface area contributed by atoms with E-state index in [0.29, 0.717) is 23.4 Å². The average molecular weight is 578 g/mol. The average Bonchev–Trinajstić information content (AvgIpc) is 3.46. The number of aromatic nitrogens is 6. The quantitative estimate of drug-likeness (QED) is 0.197. The lowest BCUT2D eigenvalue weighted by molar-refractivity contribution is -0.137. The number of halogens is 4. The Bertz CT molecular complexity index is 1780. The van der Waals surface area contributed by atoms with Crippen molar-refractivity contribution >= 4 is 29.0 Å². The SMILES string of the molecule is Cc1cn(-c2cc(C(=O)Nc3ccc(F)c(Nc4nccn4-c4cc(NC5CC5)ncn4)c3)cc(C(F)(F)F)c2)cn1. The number of amides is 1. The van der Waals surface area contributed by atoms with Crippen LogP contribution in [0.5, 0.6) is 0 Å². The summed E-state index contributed by atoms with van der Waals surface area (Å²) in [5.41, 5.74) is -0.392. The number of anilines is 4. The Kier molecular flexibility index (Phi) is 6.80. The third kappa shape index (κ3) is 5.92. The summed E-state index contributed by atoms with van der Waals surface area (Å²) in [7, 11) is 0. The standard InChI is InChI=1S/C28H23F4N9O/c1-16-13-40(15-36-16)21-9-17(8-18(10-21)28(30,31)32)26(42)38-20-4-5-22(29)23(11-20)39-27-33-6-7-41(27)25-12-24(34-14-35-25)37-19-2-3-19/h4-15,19H,2-3H2,1H3,(H,33,39)(H,38,42)(H,34,35,37). The topological polar surface area (TPSA) is 115 Å². The van der Waals surface area contributed by atoms with Crippen LogP contribution in [0.4, 0.5) is 40.7 Å². The van der Waals surface area contributed by atoms with Crippen molar-refractivity contribution in [3.05, 3.63) is 96.3 Å². The molecular weight excluding hydrogens is 554 g/mol. The number of aryl methyl sites for hydroxylation is 1. The molecule has 14 heteroatoms. The number of hydrogen-bond donors (Lipinski definition) is 3. The normalized spacial score (nSPS) is 13.2. The second-order valence-corrected chi connectivity index (χ2v) is 9.76. The van der Waals surface area contributed by atoms with Crippen LogP contribution in [-0.4, -0.2) is 41.0 Å². The molecule has 1 aliphatic carbocycles. The van der Waals surface area contributed by atoms with Crippen LogP contribution in [0, 0.1) is 12.7 Å². The van der Waals surface area contributed by atoms with Crippen LogP contribution in [0.25, 0.3) is 11.5 Å². The fourth-order valence-electron chi connectivity index (χ4n) is 4.22. The highest BCUT2D eigenvalue weighted by Crippen LogP contribution is 2.32. The third-order valence-corrected chi connectivity index (χ3v) is 6.46. The number of nitrogens with one attached hydrogen (secondary N) is 3. The largest absolute Gasteiger partial charge is 0.416 e. The number of carbonyl (C=O) groups excluding carboxylic acids is 1. The molecule has 3 N–H and O–H groups in total. The lowest BCUT2D eigenvalue weighted by Gasteiger charge is -2.14. The Labute approximate surface area is 236 Å². The molecule has 5 aromatic rings. The van der Waals surface area contributed by atoms with E-state index in [0.717, 1.165) is 31.0 Å². The smallest absolute Gasteiger partial charge is 0.367 e. The Morgan fingerprint density at radius 2 is 1.86 bits per heavy atom. The third-order valence-electron chi connectivity index (χ3n) is 6.46. The lowest BCUT2D eigenvalue weighted by atomic mass is 10.1. The van der Waals surface area contributed by atoms with E-state index in [2.05, 4.69) is 35.9 Å². The molecule has 42 heavy (non-hydrogen) atoms. The van der Waals surface area contributed by atoms with Crippen molar-refractivity contribution in [1.29, 1.82) is 0 Å². The zero-order valence-electron chi connectivity index (χ0n) is 22.0. The van der Waals surface area contributed by atoms with Gasteiger partial charge in [0, 0.05) is 47.6 Å². The van der Waals surface area contributed by atoms with Gasteiger partial charge >= 0.3 is 6.18 Å². The first kappa shape index (κ1) is 26.9. The number of rotatable bonds is 8. The Morgan fingerprint density at radius 1 is 1.02 bits per heavy atom. The molecule has 0 spiro atoms. The van der Waals surface area contributed by atoms with E-state index in [1.807, 2.05) is 0 Å². The van der Waals surface area contributed by atoms with Crippen LogP contribution in [-0.2, 0) is 6.18 Å². The van der Waals surface area contributed by atoms with E-state index >= 15 is 0 Å². The second-order valence-electron chi connectivity index (χ2n) is 9.76. The second kappa shape index (κ2) is 10.6. The number of imidazole rings is 2. The van der Waals surface area contributed by atoms with Gasteiger partial charge in [0.15, 0.2) is 0 Å². The van der Waals surface area contributed by atoms with Crippen molar-refractivity contribution in [2.45, 2.75) is 32.0 Å². The van der Waals surface area contributed by atoms with Gasteiger partial charge in [-0.3, -0.25) is 9.36 Å². The van der Waals surface area contributed by atoms with Crippen LogP contribution >= 0.6 is 0 Å². The van der Waals surface area contributed by atoms with Crippen molar-refractivity contribution in [2.75, 3.05) is 16.0 Å². The number of benzene rings is 2. The van der Waals surface area contributed by atoms with E-state index in [-0.39, 0.29) is 28.6 Å². The molecule has 0 saturated heterocycles. The fraction of sp³-hybridized carbons (Fsp3) is 0.179. The zero-order chi connectivity index (χ0) is 29.4. The monoisotopic (exact) mass is 577 g/mol. The van der Waals surface area contributed by atoms with Gasteiger partial charge in [-0.25, -0.2) is 24.3 Å². The van der Waals surface area contributed by atoms with Crippen molar-refractivity contribution < 1.29 is 22.4 Å². The Morgan fingerprint density at radius 3 is 2.60 bits per heavy atom. The highest BCUT2D eigenvalue weighted by atomic mass is 19.4. The van der Waals surface area contributed by atoms with E-state index in [4.69, 9.17) is 0 Å². The molecule has 0 atom stereocenters.